The smallest absolute Gasteiger partial charge is 0.261 e. The minimum absolute atomic E-state index is 0.0230. The van der Waals surface area contributed by atoms with Crippen LogP contribution in [0.25, 0.3) is 0 Å². The van der Waals surface area contributed by atoms with Crippen molar-refractivity contribution in [3.8, 4) is 5.75 Å². The number of hydrogen-bond donors (Lipinski definition) is 0. The third-order valence-electron chi connectivity index (χ3n) is 3.61. The topological polar surface area (TPSA) is 29.5 Å². The number of benzene rings is 2. The Morgan fingerprint density at radius 3 is 2.71 bits per heavy atom. The number of amides is 1. The molecule has 1 heterocycles. The van der Waals surface area contributed by atoms with Crippen LogP contribution in [0.4, 0.5) is 0 Å². The van der Waals surface area contributed by atoms with Crippen LogP contribution in [0, 0.1) is 0 Å². The molecular formula is C17H14BrCl2NO2S. The number of hydrogen-bond acceptors (Lipinski definition) is 3. The number of halogens is 3. The second kappa shape index (κ2) is 8.00. The molecule has 1 saturated heterocycles. The van der Waals surface area contributed by atoms with Crippen LogP contribution in [-0.4, -0.2) is 29.7 Å². The molecule has 3 rings (SSSR count). The first kappa shape index (κ1) is 17.9. The van der Waals surface area contributed by atoms with Gasteiger partial charge in [-0.2, -0.15) is 0 Å². The van der Waals surface area contributed by atoms with Gasteiger partial charge in [-0.3, -0.25) is 4.79 Å². The third-order valence-corrected chi connectivity index (χ3v) is 5.93. The van der Waals surface area contributed by atoms with Crippen LogP contribution in [-0.2, 0) is 4.79 Å². The minimum Gasteiger partial charge on any atom is -0.482 e. The molecule has 0 aromatic heterocycles. The SMILES string of the molecule is O=C(COc1ccc(Cl)cc1Cl)N1CCSC1c1ccc(Br)cc1. The molecule has 1 fully saturated rings. The van der Waals surface area contributed by atoms with Gasteiger partial charge in [-0.15, -0.1) is 11.8 Å². The van der Waals surface area contributed by atoms with Crippen molar-refractivity contribution in [2.45, 2.75) is 5.37 Å². The van der Waals surface area contributed by atoms with Crippen molar-refractivity contribution in [3.63, 3.8) is 0 Å². The van der Waals surface area contributed by atoms with Crippen LogP contribution in [0.3, 0.4) is 0 Å². The van der Waals surface area contributed by atoms with Crippen molar-refractivity contribution in [1.29, 1.82) is 0 Å². The Morgan fingerprint density at radius 1 is 1.25 bits per heavy atom. The average Bonchev–Trinajstić information content (AvgIpc) is 3.04. The number of carbonyl (C=O) groups is 1. The number of carbonyl (C=O) groups excluding carboxylic acids is 1. The highest BCUT2D eigenvalue weighted by atomic mass is 79.9. The molecule has 1 atom stereocenters. The van der Waals surface area contributed by atoms with Gasteiger partial charge in [0, 0.05) is 21.8 Å². The Balaban J connectivity index is 1.66. The molecule has 0 bridgehead atoms. The van der Waals surface area contributed by atoms with Crippen LogP contribution in [0.2, 0.25) is 10.0 Å². The molecule has 24 heavy (non-hydrogen) atoms. The van der Waals surface area contributed by atoms with E-state index in [-0.39, 0.29) is 17.9 Å². The molecule has 0 radical (unpaired) electrons. The highest BCUT2D eigenvalue weighted by Crippen LogP contribution is 2.38. The van der Waals surface area contributed by atoms with Gasteiger partial charge in [-0.1, -0.05) is 51.3 Å². The van der Waals surface area contributed by atoms with Crippen LogP contribution in [0.1, 0.15) is 10.9 Å². The molecule has 1 amide bonds. The normalized spacial score (nSPS) is 17.1. The summed E-state index contributed by atoms with van der Waals surface area (Å²) in [7, 11) is 0. The monoisotopic (exact) mass is 445 g/mol. The lowest BCUT2D eigenvalue weighted by Gasteiger charge is -2.24. The van der Waals surface area contributed by atoms with Crippen LogP contribution in [0.5, 0.6) is 5.75 Å². The summed E-state index contributed by atoms with van der Waals surface area (Å²) in [6.07, 6.45) is 0. The van der Waals surface area contributed by atoms with Gasteiger partial charge in [-0.05, 0) is 35.9 Å². The van der Waals surface area contributed by atoms with E-state index in [4.69, 9.17) is 27.9 Å². The van der Waals surface area contributed by atoms with E-state index in [1.54, 1.807) is 30.0 Å². The van der Waals surface area contributed by atoms with Gasteiger partial charge in [0.1, 0.15) is 11.1 Å². The number of thioether (sulfide) groups is 1. The standard InChI is InChI=1S/C17H14BrCl2NO2S/c18-12-3-1-11(2-4-12)17-21(7-8-24-17)16(22)10-23-15-6-5-13(19)9-14(15)20/h1-6,9,17H,7-8,10H2. The van der Waals surface area contributed by atoms with Gasteiger partial charge in [0.15, 0.2) is 6.61 Å². The molecule has 0 N–H and O–H groups in total. The molecule has 7 heteroatoms. The number of nitrogens with zero attached hydrogens (tertiary/aromatic N) is 1. The van der Waals surface area contributed by atoms with Crippen molar-refractivity contribution < 1.29 is 9.53 Å². The maximum absolute atomic E-state index is 12.6. The molecule has 2 aromatic rings. The fourth-order valence-electron chi connectivity index (χ4n) is 2.44. The zero-order valence-electron chi connectivity index (χ0n) is 12.5. The average molecular weight is 447 g/mol. The Bertz CT molecular complexity index is 742. The molecule has 1 unspecified atom stereocenters. The van der Waals surface area contributed by atoms with Gasteiger partial charge < -0.3 is 9.64 Å². The van der Waals surface area contributed by atoms with Gasteiger partial charge in [0.05, 0.1) is 5.02 Å². The maximum atomic E-state index is 12.6. The van der Waals surface area contributed by atoms with Gasteiger partial charge in [0.2, 0.25) is 0 Å². The van der Waals surface area contributed by atoms with Crippen molar-refractivity contribution in [2.75, 3.05) is 18.9 Å². The molecule has 1 aliphatic rings. The molecule has 3 nitrogen and oxygen atoms in total. The number of ether oxygens (including phenoxy) is 1. The molecule has 0 saturated carbocycles. The highest BCUT2D eigenvalue weighted by molar-refractivity contribution is 9.10. The summed E-state index contributed by atoms with van der Waals surface area (Å²) < 4.78 is 6.59. The van der Waals surface area contributed by atoms with Crippen molar-refractivity contribution in [3.05, 3.63) is 62.5 Å². The second-order valence-corrected chi connectivity index (χ2v) is 8.17. The Kier molecular flexibility index (Phi) is 5.98. The van der Waals surface area contributed by atoms with Crippen LogP contribution < -0.4 is 4.74 Å². The van der Waals surface area contributed by atoms with E-state index in [1.165, 1.54) is 0 Å². The summed E-state index contributed by atoms with van der Waals surface area (Å²) in [5.41, 5.74) is 1.11. The van der Waals surface area contributed by atoms with Gasteiger partial charge in [-0.25, -0.2) is 0 Å². The fourth-order valence-corrected chi connectivity index (χ4v) is 4.45. The Morgan fingerprint density at radius 2 is 2.00 bits per heavy atom. The van der Waals surface area contributed by atoms with E-state index in [9.17, 15) is 4.79 Å². The van der Waals surface area contributed by atoms with E-state index in [1.807, 2.05) is 29.2 Å². The molecule has 1 aliphatic heterocycles. The second-order valence-electron chi connectivity index (χ2n) is 5.23. The fraction of sp³-hybridized carbons (Fsp3) is 0.235. The molecule has 2 aromatic carbocycles. The lowest BCUT2D eigenvalue weighted by atomic mass is 10.2. The molecular weight excluding hydrogens is 433 g/mol. The van der Waals surface area contributed by atoms with E-state index in [0.29, 0.717) is 22.3 Å². The predicted octanol–water partition coefficient (Wildman–Crippen LogP) is 5.41. The van der Waals surface area contributed by atoms with E-state index >= 15 is 0 Å². The third kappa shape index (κ3) is 4.20. The van der Waals surface area contributed by atoms with Crippen molar-refractivity contribution in [1.82, 2.24) is 4.90 Å². The molecule has 126 valence electrons. The number of rotatable bonds is 4. The van der Waals surface area contributed by atoms with Crippen molar-refractivity contribution >= 4 is 56.8 Å². The van der Waals surface area contributed by atoms with E-state index in [2.05, 4.69) is 15.9 Å². The zero-order chi connectivity index (χ0) is 17.1. The summed E-state index contributed by atoms with van der Waals surface area (Å²) in [5.74, 6) is 1.31. The largest absolute Gasteiger partial charge is 0.482 e. The Labute approximate surface area is 163 Å². The minimum atomic E-state index is -0.0565. The first-order valence-electron chi connectivity index (χ1n) is 7.29. The summed E-state index contributed by atoms with van der Waals surface area (Å²) in [5, 5.41) is 0.954. The molecule has 0 spiro atoms. The quantitative estimate of drug-likeness (QED) is 0.628. The zero-order valence-corrected chi connectivity index (χ0v) is 16.5. The summed E-state index contributed by atoms with van der Waals surface area (Å²) in [6, 6.07) is 13.0. The highest BCUT2D eigenvalue weighted by Gasteiger charge is 2.30. The molecule has 0 aliphatic carbocycles. The first-order valence-corrected chi connectivity index (χ1v) is 9.89. The van der Waals surface area contributed by atoms with Crippen LogP contribution >= 0.6 is 50.9 Å². The summed E-state index contributed by atoms with van der Waals surface area (Å²) in [4.78, 5) is 14.4. The van der Waals surface area contributed by atoms with E-state index < -0.39 is 0 Å². The van der Waals surface area contributed by atoms with E-state index in [0.717, 1.165) is 15.8 Å². The lowest BCUT2D eigenvalue weighted by molar-refractivity contribution is -0.133. The maximum Gasteiger partial charge on any atom is 0.261 e. The predicted molar refractivity (Wildman–Crippen MR) is 103 cm³/mol. The van der Waals surface area contributed by atoms with Gasteiger partial charge in [0.25, 0.3) is 5.91 Å². The van der Waals surface area contributed by atoms with Crippen LogP contribution in [0.15, 0.2) is 46.9 Å². The summed E-state index contributed by atoms with van der Waals surface area (Å²) >= 11 is 17.1. The van der Waals surface area contributed by atoms with Crippen molar-refractivity contribution in [2.24, 2.45) is 0 Å². The Hall–Kier alpha value is -0.880. The van der Waals surface area contributed by atoms with Gasteiger partial charge >= 0.3 is 0 Å². The summed E-state index contributed by atoms with van der Waals surface area (Å²) in [6.45, 7) is 0.664. The lowest BCUT2D eigenvalue weighted by Crippen LogP contribution is -2.34. The first-order chi connectivity index (χ1) is 11.5.